The quantitative estimate of drug-likeness (QED) is 0.420. The number of pyridine rings is 1. The number of carbonyl (C=O) groups excluding carboxylic acids is 1. The molecule has 0 aliphatic carbocycles. The zero-order chi connectivity index (χ0) is 21.5. The van der Waals surface area contributed by atoms with E-state index in [-0.39, 0.29) is 5.91 Å². The van der Waals surface area contributed by atoms with E-state index in [2.05, 4.69) is 15.3 Å². The van der Waals surface area contributed by atoms with E-state index in [0.29, 0.717) is 31.9 Å². The van der Waals surface area contributed by atoms with Gasteiger partial charge in [0.05, 0.1) is 23.3 Å². The number of nitrogens with one attached hydrogen (secondary N) is 1. The number of fused-ring (bicyclic) bond motifs is 1. The van der Waals surface area contributed by atoms with E-state index in [1.165, 1.54) is 0 Å². The van der Waals surface area contributed by atoms with Crippen molar-refractivity contribution in [3.63, 3.8) is 0 Å². The summed E-state index contributed by atoms with van der Waals surface area (Å²) >= 11 is 0. The number of rotatable bonds is 9. The Morgan fingerprint density at radius 3 is 2.87 bits per heavy atom. The van der Waals surface area contributed by atoms with Crippen molar-refractivity contribution < 1.29 is 14.3 Å². The van der Waals surface area contributed by atoms with Crippen LogP contribution in [0.2, 0.25) is 0 Å². The van der Waals surface area contributed by atoms with E-state index in [1.54, 1.807) is 24.8 Å². The second kappa shape index (κ2) is 9.86. The molecule has 0 atom stereocenters. The predicted molar refractivity (Wildman–Crippen MR) is 118 cm³/mol. The first-order valence-corrected chi connectivity index (χ1v) is 10.2. The Bertz CT molecular complexity index is 1160. The summed E-state index contributed by atoms with van der Waals surface area (Å²) in [6, 6.07) is 17.1. The molecule has 0 bridgehead atoms. The first-order valence-electron chi connectivity index (χ1n) is 10.2. The van der Waals surface area contributed by atoms with Gasteiger partial charge in [0.25, 0.3) is 5.91 Å². The van der Waals surface area contributed by atoms with Gasteiger partial charge >= 0.3 is 0 Å². The molecule has 2 aromatic heterocycles. The fraction of sp³-hybridized carbons (Fsp3) is 0.208. The van der Waals surface area contributed by atoms with E-state index in [0.717, 1.165) is 28.0 Å². The Morgan fingerprint density at radius 1 is 1.10 bits per heavy atom. The predicted octanol–water partition coefficient (Wildman–Crippen LogP) is 3.77. The van der Waals surface area contributed by atoms with E-state index in [9.17, 15) is 4.79 Å². The average molecular weight is 416 g/mol. The molecule has 4 rings (SSSR count). The lowest BCUT2D eigenvalue weighted by molar-refractivity contribution is 0.0951. The molecule has 0 aliphatic rings. The molecule has 7 heteroatoms. The van der Waals surface area contributed by atoms with Gasteiger partial charge in [-0.3, -0.25) is 14.3 Å². The molecule has 0 radical (unpaired) electrons. The normalized spacial score (nSPS) is 10.9. The maximum atomic E-state index is 12.5. The van der Waals surface area contributed by atoms with E-state index < -0.39 is 0 Å². The Labute approximate surface area is 180 Å². The van der Waals surface area contributed by atoms with Gasteiger partial charge in [0.2, 0.25) is 0 Å². The number of amides is 1. The van der Waals surface area contributed by atoms with Crippen LogP contribution in [0.3, 0.4) is 0 Å². The molecule has 0 aliphatic heterocycles. The molecule has 0 saturated heterocycles. The fourth-order valence-electron chi connectivity index (χ4n) is 3.23. The number of ether oxygens (including phenoxy) is 2. The average Bonchev–Trinajstić information content (AvgIpc) is 3.24. The van der Waals surface area contributed by atoms with Crippen molar-refractivity contribution in [1.82, 2.24) is 19.9 Å². The fourth-order valence-corrected chi connectivity index (χ4v) is 3.23. The van der Waals surface area contributed by atoms with Crippen molar-refractivity contribution in [2.24, 2.45) is 0 Å². The Balaban J connectivity index is 1.48. The molecule has 1 N–H and O–H groups in total. The van der Waals surface area contributed by atoms with Gasteiger partial charge in [-0.05, 0) is 48.9 Å². The number of benzene rings is 2. The second-order valence-corrected chi connectivity index (χ2v) is 6.90. The number of nitrogens with zero attached hydrogens (tertiary/aromatic N) is 3. The van der Waals surface area contributed by atoms with Gasteiger partial charge in [-0.1, -0.05) is 12.1 Å². The van der Waals surface area contributed by atoms with Crippen molar-refractivity contribution in [3.05, 3.63) is 84.4 Å². The summed E-state index contributed by atoms with van der Waals surface area (Å²) < 4.78 is 13.0. The highest BCUT2D eigenvalue weighted by atomic mass is 16.5. The third-order valence-electron chi connectivity index (χ3n) is 4.78. The number of hydrogen-bond acceptors (Lipinski definition) is 5. The van der Waals surface area contributed by atoms with E-state index in [1.807, 2.05) is 60.0 Å². The first kappa shape index (κ1) is 20.6. The minimum absolute atomic E-state index is 0.148. The van der Waals surface area contributed by atoms with Crippen LogP contribution in [-0.2, 0) is 11.3 Å². The Kier molecular flexibility index (Phi) is 6.54. The van der Waals surface area contributed by atoms with Crippen molar-refractivity contribution in [3.8, 4) is 11.4 Å². The van der Waals surface area contributed by atoms with Crippen LogP contribution in [-0.4, -0.2) is 40.3 Å². The van der Waals surface area contributed by atoms with Crippen LogP contribution >= 0.6 is 0 Å². The van der Waals surface area contributed by atoms with Gasteiger partial charge in [0.15, 0.2) is 0 Å². The maximum absolute atomic E-state index is 12.5. The topological polar surface area (TPSA) is 78.3 Å². The molecule has 4 aromatic rings. The molecule has 0 spiro atoms. The molecule has 0 fully saturated rings. The Morgan fingerprint density at radius 2 is 2.03 bits per heavy atom. The highest BCUT2D eigenvalue weighted by Gasteiger charge is 2.11. The van der Waals surface area contributed by atoms with Crippen molar-refractivity contribution in [1.29, 1.82) is 0 Å². The Hall–Kier alpha value is -3.71. The van der Waals surface area contributed by atoms with Gasteiger partial charge in [-0.2, -0.15) is 0 Å². The third kappa shape index (κ3) is 5.07. The smallest absolute Gasteiger partial charge is 0.251 e. The summed E-state index contributed by atoms with van der Waals surface area (Å²) in [6.45, 7) is 4.11. The summed E-state index contributed by atoms with van der Waals surface area (Å²) in [5, 5.41) is 2.91. The van der Waals surface area contributed by atoms with Gasteiger partial charge in [-0.15, -0.1) is 0 Å². The molecule has 2 aromatic carbocycles. The lowest BCUT2D eigenvalue weighted by Crippen LogP contribution is -2.22. The van der Waals surface area contributed by atoms with Crippen LogP contribution in [0.5, 0.6) is 5.75 Å². The summed E-state index contributed by atoms with van der Waals surface area (Å²) in [7, 11) is 0. The SMILES string of the molecule is CCOCCOc1cccc(-n2cnc3cc(C(=O)NCc4cccnc4)ccc32)c1. The van der Waals surface area contributed by atoms with Gasteiger partial charge in [0.1, 0.15) is 18.7 Å². The summed E-state index contributed by atoms with van der Waals surface area (Å²) in [5.41, 5.74) is 4.11. The maximum Gasteiger partial charge on any atom is 0.251 e. The second-order valence-electron chi connectivity index (χ2n) is 6.90. The van der Waals surface area contributed by atoms with Crippen molar-refractivity contribution >= 4 is 16.9 Å². The molecule has 0 saturated carbocycles. The van der Waals surface area contributed by atoms with Gasteiger partial charge in [0, 0.05) is 37.2 Å². The van der Waals surface area contributed by atoms with Gasteiger partial charge < -0.3 is 14.8 Å². The summed E-state index contributed by atoms with van der Waals surface area (Å²) in [5.74, 6) is 0.621. The third-order valence-corrected chi connectivity index (χ3v) is 4.78. The van der Waals surface area contributed by atoms with E-state index in [4.69, 9.17) is 9.47 Å². The van der Waals surface area contributed by atoms with Crippen molar-refractivity contribution in [2.45, 2.75) is 13.5 Å². The monoisotopic (exact) mass is 416 g/mol. The minimum atomic E-state index is -0.148. The zero-order valence-electron chi connectivity index (χ0n) is 17.3. The lowest BCUT2D eigenvalue weighted by atomic mass is 10.1. The molecule has 31 heavy (non-hydrogen) atoms. The highest BCUT2D eigenvalue weighted by Crippen LogP contribution is 2.22. The van der Waals surface area contributed by atoms with Crippen LogP contribution < -0.4 is 10.1 Å². The van der Waals surface area contributed by atoms with Crippen LogP contribution in [0.15, 0.2) is 73.3 Å². The number of hydrogen-bond donors (Lipinski definition) is 1. The van der Waals surface area contributed by atoms with Gasteiger partial charge in [-0.25, -0.2) is 4.98 Å². The molecule has 7 nitrogen and oxygen atoms in total. The van der Waals surface area contributed by atoms with Crippen LogP contribution in [0.4, 0.5) is 0 Å². The minimum Gasteiger partial charge on any atom is -0.491 e. The highest BCUT2D eigenvalue weighted by molar-refractivity contribution is 5.97. The van der Waals surface area contributed by atoms with Crippen LogP contribution in [0.1, 0.15) is 22.8 Å². The van der Waals surface area contributed by atoms with Crippen LogP contribution in [0, 0.1) is 0 Å². The summed E-state index contributed by atoms with van der Waals surface area (Å²) in [4.78, 5) is 21.1. The zero-order valence-corrected chi connectivity index (χ0v) is 17.3. The van der Waals surface area contributed by atoms with Crippen LogP contribution in [0.25, 0.3) is 16.7 Å². The number of carbonyl (C=O) groups is 1. The molecule has 2 heterocycles. The number of imidazole rings is 1. The molecule has 158 valence electrons. The molecule has 1 amide bonds. The largest absolute Gasteiger partial charge is 0.491 e. The van der Waals surface area contributed by atoms with E-state index >= 15 is 0 Å². The van der Waals surface area contributed by atoms with Crippen molar-refractivity contribution in [2.75, 3.05) is 19.8 Å². The first-order chi connectivity index (χ1) is 15.2. The lowest BCUT2D eigenvalue weighted by Gasteiger charge is -2.10. The summed E-state index contributed by atoms with van der Waals surface area (Å²) in [6.07, 6.45) is 5.19. The number of aromatic nitrogens is 3. The molecular weight excluding hydrogens is 392 g/mol. The molecule has 0 unspecified atom stereocenters. The molecular formula is C24H24N4O3. The standard InChI is InChI=1S/C24H24N4O3/c1-2-30-11-12-31-21-7-3-6-20(14-21)28-17-27-22-13-19(8-9-23(22)28)24(29)26-16-18-5-4-10-25-15-18/h3-10,13-15,17H,2,11-12,16H2,1H3,(H,26,29).